The van der Waals surface area contributed by atoms with Gasteiger partial charge in [-0.3, -0.25) is 5.10 Å². The lowest BCUT2D eigenvalue weighted by Crippen LogP contribution is -1.91. The smallest absolute Gasteiger partial charge is 0.208 e. The Hall–Kier alpha value is -1.69. The maximum atomic E-state index is 5.36. The van der Waals surface area contributed by atoms with Crippen LogP contribution in [0.15, 0.2) is 23.4 Å². The molecule has 0 aliphatic heterocycles. The third-order valence-corrected chi connectivity index (χ3v) is 3.62. The van der Waals surface area contributed by atoms with E-state index in [0.717, 1.165) is 28.6 Å². The van der Waals surface area contributed by atoms with E-state index < -0.39 is 0 Å². The molecule has 0 aliphatic rings. The summed E-state index contributed by atoms with van der Waals surface area (Å²) >= 11 is 1.64. The lowest BCUT2D eigenvalue weighted by molar-refractivity contribution is 0.395. The van der Waals surface area contributed by atoms with Crippen LogP contribution in [-0.4, -0.2) is 35.2 Å². The molecule has 2 aromatic rings. The molecule has 2 rings (SSSR count). The topological polar surface area (TPSA) is 60.0 Å². The molecular weight excluding hydrogens is 262 g/mol. The molecule has 0 aliphatic carbocycles. The van der Waals surface area contributed by atoms with Crippen molar-refractivity contribution in [1.29, 1.82) is 0 Å². The summed E-state index contributed by atoms with van der Waals surface area (Å²) in [7, 11) is 3.25. The first-order valence-corrected chi connectivity index (χ1v) is 7.04. The van der Waals surface area contributed by atoms with E-state index in [2.05, 4.69) is 22.1 Å². The van der Waals surface area contributed by atoms with Crippen LogP contribution in [0.5, 0.6) is 11.5 Å². The molecule has 1 aromatic carbocycles. The van der Waals surface area contributed by atoms with Gasteiger partial charge in [-0.05, 0) is 18.6 Å². The zero-order valence-electron chi connectivity index (χ0n) is 11.3. The second-order valence-electron chi connectivity index (χ2n) is 3.88. The Kier molecular flexibility index (Phi) is 4.68. The third kappa shape index (κ3) is 3.20. The van der Waals surface area contributed by atoms with E-state index in [1.165, 1.54) is 0 Å². The highest BCUT2D eigenvalue weighted by Crippen LogP contribution is 2.31. The van der Waals surface area contributed by atoms with Crippen molar-refractivity contribution in [2.75, 3.05) is 20.0 Å². The van der Waals surface area contributed by atoms with Crippen LogP contribution in [0.4, 0.5) is 0 Å². The van der Waals surface area contributed by atoms with Crippen LogP contribution < -0.4 is 9.47 Å². The summed E-state index contributed by atoms with van der Waals surface area (Å²) in [6.45, 7) is 2.13. The Morgan fingerprint density at radius 2 is 2.11 bits per heavy atom. The summed E-state index contributed by atoms with van der Waals surface area (Å²) in [5, 5.41) is 7.89. The summed E-state index contributed by atoms with van der Waals surface area (Å²) in [5.74, 6) is 3.18. The van der Waals surface area contributed by atoms with Gasteiger partial charge in [-0.2, -0.15) is 0 Å². The number of hydrogen-bond donors (Lipinski definition) is 1. The van der Waals surface area contributed by atoms with Gasteiger partial charge in [-0.15, -0.1) is 5.10 Å². The number of aromatic amines is 1. The molecule has 0 fully saturated rings. The average Bonchev–Trinajstić information content (AvgIpc) is 2.92. The van der Waals surface area contributed by atoms with Gasteiger partial charge >= 0.3 is 0 Å². The first-order valence-electron chi connectivity index (χ1n) is 6.06. The van der Waals surface area contributed by atoms with Gasteiger partial charge in [-0.1, -0.05) is 18.7 Å². The fourth-order valence-electron chi connectivity index (χ4n) is 1.62. The Balaban J connectivity index is 2.27. The zero-order chi connectivity index (χ0) is 13.7. The second kappa shape index (κ2) is 6.47. The monoisotopic (exact) mass is 279 g/mol. The predicted octanol–water partition coefficient (Wildman–Crippen LogP) is 2.99. The minimum absolute atomic E-state index is 0.707. The molecule has 1 heterocycles. The van der Waals surface area contributed by atoms with Crippen molar-refractivity contribution in [2.24, 2.45) is 0 Å². The highest BCUT2D eigenvalue weighted by molar-refractivity contribution is 7.99. The van der Waals surface area contributed by atoms with Gasteiger partial charge < -0.3 is 9.47 Å². The Labute approximate surface area is 116 Å². The summed E-state index contributed by atoms with van der Waals surface area (Å²) in [5.41, 5.74) is 0.874. The fraction of sp³-hybridized carbons (Fsp3) is 0.385. The fourth-order valence-corrected chi connectivity index (χ4v) is 2.27. The zero-order valence-corrected chi connectivity index (χ0v) is 12.1. The number of thioether (sulfide) groups is 1. The van der Waals surface area contributed by atoms with Crippen LogP contribution in [0, 0.1) is 0 Å². The van der Waals surface area contributed by atoms with Gasteiger partial charge in [0.2, 0.25) is 5.16 Å². The molecule has 102 valence electrons. The van der Waals surface area contributed by atoms with Crippen molar-refractivity contribution in [1.82, 2.24) is 15.2 Å². The molecule has 0 spiro atoms. The number of benzene rings is 1. The van der Waals surface area contributed by atoms with Gasteiger partial charge in [0, 0.05) is 11.8 Å². The first-order chi connectivity index (χ1) is 9.28. The summed E-state index contributed by atoms with van der Waals surface area (Å²) in [6.07, 6.45) is 1.10. The molecule has 1 N–H and O–H groups in total. The van der Waals surface area contributed by atoms with E-state index in [1.807, 2.05) is 18.2 Å². The number of rotatable bonds is 6. The maximum Gasteiger partial charge on any atom is 0.208 e. The van der Waals surface area contributed by atoms with E-state index in [0.29, 0.717) is 11.6 Å². The van der Waals surface area contributed by atoms with Gasteiger partial charge in [-0.25, -0.2) is 4.98 Å². The Morgan fingerprint density at radius 3 is 2.79 bits per heavy atom. The lowest BCUT2D eigenvalue weighted by atomic mass is 10.2. The van der Waals surface area contributed by atoms with E-state index in [1.54, 1.807) is 26.0 Å². The minimum Gasteiger partial charge on any atom is -0.497 e. The molecule has 0 radical (unpaired) electrons. The molecule has 5 nitrogen and oxygen atoms in total. The van der Waals surface area contributed by atoms with E-state index >= 15 is 0 Å². The molecule has 0 saturated carbocycles. The van der Waals surface area contributed by atoms with Crippen molar-refractivity contribution < 1.29 is 9.47 Å². The number of aromatic nitrogens is 3. The standard InChI is InChI=1S/C13H17N3O2S/c1-4-7-19-13-14-12(15-16-13)10-6-5-9(17-2)8-11(10)18-3/h5-6,8H,4,7H2,1-3H3,(H,14,15,16). The molecule has 0 saturated heterocycles. The highest BCUT2D eigenvalue weighted by atomic mass is 32.2. The number of ether oxygens (including phenoxy) is 2. The van der Waals surface area contributed by atoms with E-state index in [9.17, 15) is 0 Å². The molecule has 1 aromatic heterocycles. The summed E-state index contributed by atoms with van der Waals surface area (Å²) in [6, 6.07) is 5.61. The average molecular weight is 279 g/mol. The largest absolute Gasteiger partial charge is 0.497 e. The van der Waals surface area contributed by atoms with Gasteiger partial charge in [0.1, 0.15) is 11.5 Å². The van der Waals surface area contributed by atoms with Crippen molar-refractivity contribution >= 4 is 11.8 Å². The Bertz CT molecular complexity index is 542. The third-order valence-electron chi connectivity index (χ3n) is 2.56. The summed E-state index contributed by atoms with van der Waals surface area (Å²) in [4.78, 5) is 4.46. The normalized spacial score (nSPS) is 10.5. The number of methoxy groups -OCH3 is 2. The molecule has 0 atom stereocenters. The molecular formula is C13H17N3O2S. The molecule has 0 bridgehead atoms. The van der Waals surface area contributed by atoms with Crippen LogP contribution in [0.1, 0.15) is 13.3 Å². The molecule has 6 heteroatoms. The number of nitrogens with one attached hydrogen (secondary N) is 1. The van der Waals surface area contributed by atoms with Gasteiger partial charge in [0.15, 0.2) is 5.82 Å². The van der Waals surface area contributed by atoms with Crippen LogP contribution in [0.25, 0.3) is 11.4 Å². The second-order valence-corrected chi connectivity index (χ2v) is 4.94. The number of H-pyrrole nitrogens is 1. The first kappa shape index (κ1) is 13.7. The van der Waals surface area contributed by atoms with Crippen LogP contribution in [0.3, 0.4) is 0 Å². The van der Waals surface area contributed by atoms with Crippen molar-refractivity contribution in [3.8, 4) is 22.9 Å². The molecule has 0 amide bonds. The van der Waals surface area contributed by atoms with Crippen molar-refractivity contribution in [3.63, 3.8) is 0 Å². The number of hydrogen-bond acceptors (Lipinski definition) is 5. The molecule has 0 unspecified atom stereocenters. The van der Waals surface area contributed by atoms with Gasteiger partial charge in [0.25, 0.3) is 0 Å². The maximum absolute atomic E-state index is 5.36. The van der Waals surface area contributed by atoms with Crippen LogP contribution in [0.2, 0.25) is 0 Å². The Morgan fingerprint density at radius 1 is 1.26 bits per heavy atom. The predicted molar refractivity (Wildman–Crippen MR) is 75.9 cm³/mol. The van der Waals surface area contributed by atoms with E-state index in [-0.39, 0.29) is 0 Å². The van der Waals surface area contributed by atoms with Crippen molar-refractivity contribution in [3.05, 3.63) is 18.2 Å². The van der Waals surface area contributed by atoms with Crippen LogP contribution >= 0.6 is 11.8 Å². The number of nitrogens with zero attached hydrogens (tertiary/aromatic N) is 2. The summed E-state index contributed by atoms with van der Waals surface area (Å²) < 4.78 is 10.5. The minimum atomic E-state index is 0.707. The highest BCUT2D eigenvalue weighted by Gasteiger charge is 2.12. The van der Waals surface area contributed by atoms with Crippen LogP contribution in [-0.2, 0) is 0 Å². The molecule has 19 heavy (non-hydrogen) atoms. The van der Waals surface area contributed by atoms with Gasteiger partial charge in [0.05, 0.1) is 19.8 Å². The lowest BCUT2D eigenvalue weighted by Gasteiger charge is -2.07. The van der Waals surface area contributed by atoms with E-state index in [4.69, 9.17) is 9.47 Å². The van der Waals surface area contributed by atoms with Crippen molar-refractivity contribution in [2.45, 2.75) is 18.5 Å². The SMILES string of the molecule is CCCSc1n[nH]c(-c2ccc(OC)cc2OC)n1. The quantitative estimate of drug-likeness (QED) is 0.824.